The zero-order chi connectivity index (χ0) is 22.5. The average Bonchev–Trinajstić information content (AvgIpc) is 2.78. The second kappa shape index (κ2) is 15.5. The van der Waals surface area contributed by atoms with Gasteiger partial charge in [0.1, 0.15) is 0 Å². The standard InChI is InChI=1S/C25H37N5O.HI/c1-5-26-25(27-17-9-10-19-30(4)23-14-7-6-8-15-23)28-18-16-21-12-11-13-22(20-21)24(31)29(2)3;/h6-8,11-15,20H,5,9-10,16-19H2,1-4H3,(H2,26,27,28);1H. The summed E-state index contributed by atoms with van der Waals surface area (Å²) in [5.41, 5.74) is 3.11. The number of halogens is 1. The minimum absolute atomic E-state index is 0. The maximum absolute atomic E-state index is 12.1. The van der Waals surface area contributed by atoms with E-state index in [-0.39, 0.29) is 29.9 Å². The summed E-state index contributed by atoms with van der Waals surface area (Å²) in [6.45, 7) is 5.48. The SMILES string of the molecule is CCNC(=NCCCCN(C)c1ccccc1)NCCc1cccc(C(=O)N(C)C)c1.I. The summed E-state index contributed by atoms with van der Waals surface area (Å²) in [6, 6.07) is 18.3. The second-order valence-electron chi connectivity index (χ2n) is 7.80. The van der Waals surface area contributed by atoms with Crippen LogP contribution in [0.5, 0.6) is 0 Å². The Balaban J connectivity index is 0.00000512. The predicted octanol–water partition coefficient (Wildman–Crippen LogP) is 4.02. The minimum atomic E-state index is 0. The van der Waals surface area contributed by atoms with E-state index in [1.54, 1.807) is 19.0 Å². The van der Waals surface area contributed by atoms with Gasteiger partial charge in [-0.3, -0.25) is 9.79 Å². The molecule has 2 rings (SSSR count). The van der Waals surface area contributed by atoms with Gasteiger partial charge >= 0.3 is 0 Å². The Kier molecular flexibility index (Phi) is 13.4. The van der Waals surface area contributed by atoms with Crippen LogP contribution in [0.3, 0.4) is 0 Å². The quantitative estimate of drug-likeness (QED) is 0.192. The van der Waals surface area contributed by atoms with Crippen molar-refractivity contribution in [2.45, 2.75) is 26.2 Å². The molecule has 0 aromatic heterocycles. The number of rotatable bonds is 11. The van der Waals surface area contributed by atoms with E-state index in [4.69, 9.17) is 4.99 Å². The molecule has 2 aromatic rings. The topological polar surface area (TPSA) is 60.0 Å². The fourth-order valence-electron chi connectivity index (χ4n) is 3.25. The summed E-state index contributed by atoms with van der Waals surface area (Å²) in [6.07, 6.45) is 2.98. The molecule has 32 heavy (non-hydrogen) atoms. The average molecular weight is 552 g/mol. The molecule has 0 unspecified atom stereocenters. The maximum Gasteiger partial charge on any atom is 0.253 e. The first kappa shape index (κ1) is 27.7. The Morgan fingerprint density at radius 2 is 1.72 bits per heavy atom. The first-order valence-electron chi connectivity index (χ1n) is 11.1. The van der Waals surface area contributed by atoms with Gasteiger partial charge in [0.15, 0.2) is 5.96 Å². The van der Waals surface area contributed by atoms with E-state index < -0.39 is 0 Å². The third-order valence-corrected chi connectivity index (χ3v) is 5.00. The van der Waals surface area contributed by atoms with E-state index in [0.717, 1.165) is 62.5 Å². The number of benzene rings is 2. The van der Waals surface area contributed by atoms with E-state index in [1.807, 2.05) is 24.3 Å². The van der Waals surface area contributed by atoms with Crippen molar-refractivity contribution in [2.75, 3.05) is 52.2 Å². The lowest BCUT2D eigenvalue weighted by Gasteiger charge is -2.18. The first-order valence-corrected chi connectivity index (χ1v) is 11.1. The molecule has 0 spiro atoms. The number of nitrogens with zero attached hydrogens (tertiary/aromatic N) is 3. The first-order chi connectivity index (χ1) is 15.0. The Labute approximate surface area is 210 Å². The molecule has 7 heteroatoms. The van der Waals surface area contributed by atoms with Crippen LogP contribution in [0.1, 0.15) is 35.7 Å². The molecule has 0 heterocycles. The van der Waals surface area contributed by atoms with Gasteiger partial charge in [-0.1, -0.05) is 30.3 Å². The number of nitrogens with one attached hydrogen (secondary N) is 2. The van der Waals surface area contributed by atoms with Crippen LogP contribution in [0.4, 0.5) is 5.69 Å². The summed E-state index contributed by atoms with van der Waals surface area (Å²) in [5.74, 6) is 0.877. The predicted molar refractivity (Wildman–Crippen MR) is 147 cm³/mol. The van der Waals surface area contributed by atoms with Gasteiger partial charge in [0.05, 0.1) is 0 Å². The van der Waals surface area contributed by atoms with Gasteiger partial charge in [-0.05, 0) is 56.0 Å². The van der Waals surface area contributed by atoms with Crippen LogP contribution in [0, 0.1) is 0 Å². The van der Waals surface area contributed by atoms with Gasteiger partial charge in [-0.25, -0.2) is 0 Å². The summed E-state index contributed by atoms with van der Waals surface area (Å²) >= 11 is 0. The van der Waals surface area contributed by atoms with Gasteiger partial charge in [0.2, 0.25) is 0 Å². The van der Waals surface area contributed by atoms with E-state index in [0.29, 0.717) is 0 Å². The number of carbonyl (C=O) groups is 1. The number of aliphatic imine (C=N–C) groups is 1. The molecule has 6 nitrogen and oxygen atoms in total. The summed E-state index contributed by atoms with van der Waals surface area (Å²) in [7, 11) is 5.68. The molecule has 0 saturated carbocycles. The van der Waals surface area contributed by atoms with Gasteiger partial charge in [-0.15, -0.1) is 24.0 Å². The van der Waals surface area contributed by atoms with Gasteiger partial charge in [0.25, 0.3) is 5.91 Å². The minimum Gasteiger partial charge on any atom is -0.375 e. The second-order valence-corrected chi connectivity index (χ2v) is 7.80. The number of hydrogen-bond acceptors (Lipinski definition) is 3. The maximum atomic E-state index is 12.1. The summed E-state index contributed by atoms with van der Waals surface area (Å²) in [4.78, 5) is 20.7. The molecule has 0 aliphatic heterocycles. The van der Waals surface area contributed by atoms with Gasteiger partial charge < -0.3 is 20.4 Å². The zero-order valence-corrected chi connectivity index (χ0v) is 22.1. The van der Waals surface area contributed by atoms with Crippen molar-refractivity contribution in [2.24, 2.45) is 4.99 Å². The number of carbonyl (C=O) groups excluding carboxylic acids is 1. The Hall–Kier alpha value is -2.29. The van der Waals surface area contributed by atoms with Crippen LogP contribution < -0.4 is 15.5 Å². The van der Waals surface area contributed by atoms with E-state index in [9.17, 15) is 4.79 Å². The van der Waals surface area contributed by atoms with E-state index in [2.05, 4.69) is 59.8 Å². The van der Waals surface area contributed by atoms with Crippen molar-refractivity contribution < 1.29 is 4.79 Å². The molecule has 1 amide bonds. The number of anilines is 1. The Morgan fingerprint density at radius 1 is 0.969 bits per heavy atom. The molecule has 0 atom stereocenters. The third-order valence-electron chi connectivity index (χ3n) is 5.00. The van der Waals surface area contributed by atoms with Gasteiger partial charge in [0, 0.05) is 58.6 Å². The number of para-hydroxylation sites is 1. The van der Waals surface area contributed by atoms with Crippen LogP contribution in [-0.4, -0.2) is 64.1 Å². The van der Waals surface area contributed by atoms with Crippen LogP contribution >= 0.6 is 24.0 Å². The van der Waals surface area contributed by atoms with Crippen molar-refractivity contribution in [1.29, 1.82) is 0 Å². The molecule has 0 aliphatic carbocycles. The smallest absolute Gasteiger partial charge is 0.253 e. The van der Waals surface area contributed by atoms with Crippen molar-refractivity contribution >= 4 is 41.5 Å². The number of guanidine groups is 1. The fourth-order valence-corrected chi connectivity index (χ4v) is 3.25. The highest BCUT2D eigenvalue weighted by Gasteiger charge is 2.08. The van der Waals surface area contributed by atoms with Crippen LogP contribution in [0.2, 0.25) is 0 Å². The number of amides is 1. The van der Waals surface area contributed by atoms with Crippen molar-refractivity contribution in [3.05, 3.63) is 65.7 Å². The molecule has 0 saturated heterocycles. The largest absolute Gasteiger partial charge is 0.375 e. The lowest BCUT2D eigenvalue weighted by Crippen LogP contribution is -2.38. The Morgan fingerprint density at radius 3 is 2.41 bits per heavy atom. The molecular formula is C25H38IN5O. The van der Waals surface area contributed by atoms with Crippen LogP contribution in [0.25, 0.3) is 0 Å². The fraction of sp³-hybridized carbons (Fsp3) is 0.440. The summed E-state index contributed by atoms with van der Waals surface area (Å²) in [5, 5.41) is 6.71. The highest BCUT2D eigenvalue weighted by molar-refractivity contribution is 14.0. The Bertz CT molecular complexity index is 826. The van der Waals surface area contributed by atoms with E-state index >= 15 is 0 Å². The monoisotopic (exact) mass is 551 g/mol. The highest BCUT2D eigenvalue weighted by Crippen LogP contribution is 2.11. The highest BCUT2D eigenvalue weighted by atomic mass is 127. The van der Waals surface area contributed by atoms with Crippen LogP contribution in [-0.2, 0) is 6.42 Å². The summed E-state index contributed by atoms with van der Waals surface area (Å²) < 4.78 is 0. The molecule has 0 bridgehead atoms. The molecule has 0 fully saturated rings. The zero-order valence-electron chi connectivity index (χ0n) is 19.8. The van der Waals surface area contributed by atoms with Crippen molar-refractivity contribution in [1.82, 2.24) is 15.5 Å². The van der Waals surface area contributed by atoms with Crippen molar-refractivity contribution in [3.63, 3.8) is 0 Å². The molecule has 2 N–H and O–H groups in total. The van der Waals surface area contributed by atoms with E-state index in [1.165, 1.54) is 5.69 Å². The lowest BCUT2D eigenvalue weighted by atomic mass is 10.1. The normalized spacial score (nSPS) is 10.8. The molecular weight excluding hydrogens is 513 g/mol. The third kappa shape index (κ3) is 9.89. The molecule has 0 aliphatic rings. The number of hydrogen-bond donors (Lipinski definition) is 2. The number of unbranched alkanes of at least 4 members (excludes halogenated alkanes) is 1. The van der Waals surface area contributed by atoms with Gasteiger partial charge in [-0.2, -0.15) is 0 Å². The molecule has 2 aromatic carbocycles. The molecule has 176 valence electrons. The lowest BCUT2D eigenvalue weighted by molar-refractivity contribution is 0.0827. The van der Waals surface area contributed by atoms with Crippen LogP contribution in [0.15, 0.2) is 59.6 Å². The molecule has 0 radical (unpaired) electrons. The van der Waals surface area contributed by atoms with Crippen molar-refractivity contribution in [3.8, 4) is 0 Å².